The molecule has 0 spiro atoms. The monoisotopic (exact) mass is 655 g/mol. The Balaban J connectivity index is 1.19. The zero-order chi connectivity index (χ0) is 33.4. The molecule has 12 rings (SSSR count). The fraction of sp³-hybridized carbons (Fsp3) is 0.106. The first-order chi connectivity index (χ1) is 25.2. The van der Waals surface area contributed by atoms with Crippen LogP contribution in [-0.2, 0) is 6.42 Å². The first kappa shape index (κ1) is 27.5. The summed E-state index contributed by atoms with van der Waals surface area (Å²) in [6.45, 7) is 4.79. The van der Waals surface area contributed by atoms with E-state index in [2.05, 4.69) is 153 Å². The fourth-order valence-corrected chi connectivity index (χ4v) is 9.91. The van der Waals surface area contributed by atoms with E-state index in [4.69, 9.17) is 11.0 Å². The van der Waals surface area contributed by atoms with Crippen LogP contribution in [-0.4, -0.2) is 4.40 Å². The number of nitrogens with zero attached hydrogens (tertiary/aromatic N) is 3. The van der Waals surface area contributed by atoms with Gasteiger partial charge in [0.1, 0.15) is 11.2 Å². The first-order valence-corrected chi connectivity index (χ1v) is 18.1. The van der Waals surface area contributed by atoms with Gasteiger partial charge in [0.15, 0.2) is 24.1 Å². The lowest BCUT2D eigenvalue weighted by atomic mass is 9.77. The molecule has 2 aliphatic rings. The molecule has 0 saturated carbocycles. The minimum absolute atomic E-state index is 0.264. The van der Waals surface area contributed by atoms with Crippen molar-refractivity contribution >= 4 is 65.7 Å². The number of rotatable bonds is 0. The molecule has 0 amide bonds. The van der Waals surface area contributed by atoms with Gasteiger partial charge < -0.3 is 8.82 Å². The summed E-state index contributed by atoms with van der Waals surface area (Å²) in [7, 11) is 0. The molecule has 0 bridgehead atoms. The molecular weight excluding hydrogens is 623 g/mol. The van der Waals surface area contributed by atoms with Crippen molar-refractivity contribution in [1.82, 2.24) is 4.40 Å². The van der Waals surface area contributed by atoms with E-state index >= 15 is 0 Å². The number of aromatic nitrogens is 3. The van der Waals surface area contributed by atoms with Gasteiger partial charge in [0.25, 0.3) is 0 Å². The van der Waals surface area contributed by atoms with Crippen LogP contribution < -0.4 is 9.13 Å². The van der Waals surface area contributed by atoms with Gasteiger partial charge in [-0.2, -0.15) is 9.13 Å². The SMILES string of the molecule is C=C1CC2C(CCc3cc4c(cc3-c3cccc[n+]31)c1c3c(cc5c6ccccc6n4c51)oc1ccccc13)c1ccccc1-c1cccc[n+]12. The van der Waals surface area contributed by atoms with Gasteiger partial charge in [0.2, 0.25) is 11.4 Å². The lowest BCUT2D eigenvalue weighted by Gasteiger charge is -2.31. The smallest absolute Gasteiger partial charge is 0.218 e. The Hall–Kier alpha value is -6.26. The molecule has 0 aliphatic carbocycles. The van der Waals surface area contributed by atoms with Gasteiger partial charge in [-0.05, 0) is 79.1 Å². The molecule has 7 heterocycles. The molecule has 51 heavy (non-hydrogen) atoms. The molecular formula is C47H33N3O+2. The van der Waals surface area contributed by atoms with E-state index in [1.807, 2.05) is 0 Å². The van der Waals surface area contributed by atoms with E-state index in [0.717, 1.165) is 41.5 Å². The number of furan rings is 1. The summed E-state index contributed by atoms with van der Waals surface area (Å²) in [5.74, 6) is 0.345. The van der Waals surface area contributed by atoms with Gasteiger partial charge in [-0.15, -0.1) is 0 Å². The zero-order valence-corrected chi connectivity index (χ0v) is 28.0. The third kappa shape index (κ3) is 3.59. The van der Waals surface area contributed by atoms with Crippen LogP contribution in [0.3, 0.4) is 0 Å². The molecule has 0 saturated heterocycles. The topological polar surface area (TPSA) is 25.3 Å². The largest absolute Gasteiger partial charge is 0.456 e. The number of hydrogen-bond acceptors (Lipinski definition) is 1. The van der Waals surface area contributed by atoms with Crippen LogP contribution in [0.2, 0.25) is 0 Å². The van der Waals surface area contributed by atoms with Crippen LogP contribution in [0.25, 0.3) is 88.2 Å². The fourth-order valence-electron chi connectivity index (χ4n) is 9.91. The van der Waals surface area contributed by atoms with Crippen molar-refractivity contribution in [2.24, 2.45) is 0 Å². The zero-order valence-electron chi connectivity index (χ0n) is 28.0. The van der Waals surface area contributed by atoms with Crippen LogP contribution in [0.1, 0.15) is 35.9 Å². The second kappa shape index (κ2) is 9.92. The summed E-state index contributed by atoms with van der Waals surface area (Å²) in [5, 5.41) is 7.40. The second-order valence-corrected chi connectivity index (χ2v) is 14.5. The number of para-hydroxylation sites is 2. The summed E-state index contributed by atoms with van der Waals surface area (Å²) in [4.78, 5) is 0. The molecule has 2 atom stereocenters. The van der Waals surface area contributed by atoms with Gasteiger partial charge in [0, 0.05) is 68.1 Å². The van der Waals surface area contributed by atoms with Crippen LogP contribution in [0.4, 0.5) is 0 Å². The first-order valence-electron chi connectivity index (χ1n) is 18.1. The summed E-state index contributed by atoms with van der Waals surface area (Å²) in [6, 6.07) is 47.1. The molecule has 0 radical (unpaired) electrons. The molecule has 2 aliphatic heterocycles. The highest BCUT2D eigenvalue weighted by atomic mass is 16.3. The molecule has 0 fully saturated rings. The lowest BCUT2D eigenvalue weighted by molar-refractivity contribution is -0.720. The quantitative estimate of drug-likeness (QED) is 0.149. The number of pyridine rings is 2. The Morgan fingerprint density at radius 1 is 0.627 bits per heavy atom. The minimum atomic E-state index is 0.264. The Kier molecular flexibility index (Phi) is 5.36. The maximum atomic E-state index is 6.59. The third-order valence-electron chi connectivity index (χ3n) is 12.0. The summed E-state index contributed by atoms with van der Waals surface area (Å²) >= 11 is 0. The number of fused-ring (bicyclic) bond motifs is 19. The van der Waals surface area contributed by atoms with E-state index in [0.29, 0.717) is 5.92 Å². The highest BCUT2D eigenvalue weighted by Crippen LogP contribution is 2.48. The van der Waals surface area contributed by atoms with Crippen LogP contribution in [0.15, 0.2) is 151 Å². The lowest BCUT2D eigenvalue weighted by Crippen LogP contribution is -2.49. The average Bonchev–Trinajstić information content (AvgIpc) is 3.83. The van der Waals surface area contributed by atoms with E-state index in [1.165, 1.54) is 77.1 Å². The van der Waals surface area contributed by atoms with Crippen molar-refractivity contribution in [2.75, 3.05) is 0 Å². The van der Waals surface area contributed by atoms with Crippen LogP contribution in [0, 0.1) is 0 Å². The number of aryl methyl sites for hydroxylation is 1. The van der Waals surface area contributed by atoms with Crippen molar-refractivity contribution in [3.63, 3.8) is 0 Å². The highest BCUT2D eigenvalue weighted by Gasteiger charge is 2.42. The molecule has 0 N–H and O–H groups in total. The highest BCUT2D eigenvalue weighted by molar-refractivity contribution is 6.35. The molecule has 5 aromatic carbocycles. The maximum absolute atomic E-state index is 6.59. The van der Waals surface area contributed by atoms with Crippen molar-refractivity contribution < 1.29 is 13.6 Å². The van der Waals surface area contributed by atoms with Crippen molar-refractivity contribution in [1.29, 1.82) is 0 Å². The molecule has 4 nitrogen and oxygen atoms in total. The Morgan fingerprint density at radius 3 is 2.35 bits per heavy atom. The predicted octanol–water partition coefficient (Wildman–Crippen LogP) is 10.8. The number of hydrogen-bond donors (Lipinski definition) is 0. The third-order valence-corrected chi connectivity index (χ3v) is 12.0. The van der Waals surface area contributed by atoms with Crippen LogP contribution in [0.5, 0.6) is 0 Å². The minimum Gasteiger partial charge on any atom is -0.456 e. The standard InChI is InChI=1S/C47H33N3O/c1-28-24-41-33(30-12-2-3-13-31(30)38-16-9-11-23-49(38)41)21-20-29-25-42-37(26-35(29)39-17-8-10-22-48(28)39)46-45-34-15-5-7-19-43(34)51-44(45)27-36-32-14-4-6-18-40(32)50(42)47(36)46/h2-19,22-23,25-27,33,41H,1,20-21,24H2/q+2. The average molecular weight is 656 g/mol. The van der Waals surface area contributed by atoms with E-state index in [1.54, 1.807) is 0 Å². The van der Waals surface area contributed by atoms with Gasteiger partial charge in [0.05, 0.1) is 28.5 Å². The normalized spacial score (nSPS) is 17.2. The van der Waals surface area contributed by atoms with E-state index in [9.17, 15) is 0 Å². The molecule has 240 valence electrons. The maximum Gasteiger partial charge on any atom is 0.218 e. The van der Waals surface area contributed by atoms with Gasteiger partial charge >= 0.3 is 0 Å². The summed E-state index contributed by atoms with van der Waals surface area (Å²) in [6.07, 6.45) is 7.35. The molecule has 10 aromatic rings. The van der Waals surface area contributed by atoms with Crippen molar-refractivity contribution in [3.05, 3.63) is 157 Å². The summed E-state index contributed by atoms with van der Waals surface area (Å²) in [5.41, 5.74) is 14.7. The van der Waals surface area contributed by atoms with Gasteiger partial charge in [-0.3, -0.25) is 0 Å². The van der Waals surface area contributed by atoms with E-state index < -0.39 is 0 Å². The number of allylic oxidation sites excluding steroid dienone is 1. The van der Waals surface area contributed by atoms with Crippen LogP contribution >= 0.6 is 0 Å². The molecule has 4 heteroatoms. The molecule has 2 unspecified atom stereocenters. The van der Waals surface area contributed by atoms with Crippen molar-refractivity contribution in [3.8, 4) is 22.5 Å². The summed E-state index contributed by atoms with van der Waals surface area (Å²) < 4.78 is 14.0. The molecule has 5 aromatic heterocycles. The predicted molar refractivity (Wildman–Crippen MR) is 206 cm³/mol. The van der Waals surface area contributed by atoms with Gasteiger partial charge in [-0.25, -0.2) is 0 Å². The van der Waals surface area contributed by atoms with Gasteiger partial charge in [-0.1, -0.05) is 54.6 Å². The second-order valence-electron chi connectivity index (χ2n) is 14.5. The number of benzene rings is 5. The Labute approximate surface area is 294 Å². The van der Waals surface area contributed by atoms with Crippen molar-refractivity contribution in [2.45, 2.75) is 31.2 Å². The Bertz CT molecular complexity index is 3110. The Morgan fingerprint density at radius 2 is 1.41 bits per heavy atom. The van der Waals surface area contributed by atoms with E-state index in [-0.39, 0.29) is 6.04 Å².